The van der Waals surface area contributed by atoms with Crippen molar-refractivity contribution in [1.82, 2.24) is 9.80 Å². The smallest absolute Gasteiger partial charge is 0.323 e. The van der Waals surface area contributed by atoms with Crippen LogP contribution in [0.15, 0.2) is 24.3 Å². The van der Waals surface area contributed by atoms with E-state index in [1.54, 1.807) is 0 Å². The maximum Gasteiger partial charge on any atom is 0.323 e. The summed E-state index contributed by atoms with van der Waals surface area (Å²) >= 11 is 0. The standard InChI is InChI=1S/C18H23N3O2/c1-14-11-17(18(22)23-14)21-8-2-7-20(9-10-21)13-16-5-3-15(12-19)4-6-16/h3-6,14,17H,2,7-11,13H2,1H3. The Morgan fingerprint density at radius 2 is 2.00 bits per heavy atom. The second-order valence-corrected chi connectivity index (χ2v) is 6.47. The van der Waals surface area contributed by atoms with Gasteiger partial charge >= 0.3 is 5.97 Å². The highest BCUT2D eigenvalue weighted by Crippen LogP contribution is 2.21. The second-order valence-electron chi connectivity index (χ2n) is 6.47. The topological polar surface area (TPSA) is 56.6 Å². The van der Waals surface area contributed by atoms with E-state index in [-0.39, 0.29) is 18.1 Å². The first-order valence-corrected chi connectivity index (χ1v) is 8.31. The minimum absolute atomic E-state index is 0.0468. The Bertz CT molecular complexity index is 593. The van der Waals surface area contributed by atoms with Crippen molar-refractivity contribution < 1.29 is 9.53 Å². The number of hydrogen-bond donors (Lipinski definition) is 0. The van der Waals surface area contributed by atoms with E-state index in [9.17, 15) is 4.79 Å². The van der Waals surface area contributed by atoms with Crippen LogP contribution < -0.4 is 0 Å². The lowest BCUT2D eigenvalue weighted by molar-refractivity contribution is -0.144. The Balaban J connectivity index is 1.56. The normalized spacial score (nSPS) is 26.5. The first kappa shape index (κ1) is 16.0. The second kappa shape index (κ2) is 7.12. The van der Waals surface area contributed by atoms with Gasteiger partial charge in [0.2, 0.25) is 0 Å². The van der Waals surface area contributed by atoms with Gasteiger partial charge in [-0.15, -0.1) is 0 Å². The molecule has 2 saturated heterocycles. The molecule has 2 aliphatic heterocycles. The lowest BCUT2D eigenvalue weighted by atomic mass is 10.1. The molecule has 2 unspecified atom stereocenters. The number of cyclic esters (lactones) is 1. The maximum absolute atomic E-state index is 11.9. The van der Waals surface area contributed by atoms with Gasteiger partial charge in [0.25, 0.3) is 0 Å². The van der Waals surface area contributed by atoms with Gasteiger partial charge in [-0.2, -0.15) is 5.26 Å². The Kier molecular flexibility index (Phi) is 4.94. The van der Waals surface area contributed by atoms with E-state index in [4.69, 9.17) is 10.00 Å². The number of hydrogen-bond acceptors (Lipinski definition) is 5. The third-order valence-corrected chi connectivity index (χ3v) is 4.70. The van der Waals surface area contributed by atoms with Crippen molar-refractivity contribution in [1.29, 1.82) is 5.26 Å². The molecule has 2 heterocycles. The van der Waals surface area contributed by atoms with Crippen molar-refractivity contribution in [3.8, 4) is 6.07 Å². The van der Waals surface area contributed by atoms with Gasteiger partial charge in [0, 0.05) is 32.6 Å². The number of nitriles is 1. The third-order valence-electron chi connectivity index (χ3n) is 4.70. The molecule has 1 aromatic rings. The van der Waals surface area contributed by atoms with Crippen LogP contribution in [0.3, 0.4) is 0 Å². The third kappa shape index (κ3) is 3.90. The Hall–Kier alpha value is -1.90. The first-order chi connectivity index (χ1) is 11.2. The fourth-order valence-corrected chi connectivity index (χ4v) is 3.44. The molecule has 2 aliphatic rings. The van der Waals surface area contributed by atoms with Crippen molar-refractivity contribution in [2.75, 3.05) is 26.2 Å². The average Bonchev–Trinajstić information content (AvgIpc) is 2.75. The molecule has 0 spiro atoms. The molecule has 0 amide bonds. The highest BCUT2D eigenvalue weighted by molar-refractivity contribution is 5.78. The number of rotatable bonds is 3. The molecule has 1 aromatic carbocycles. The SMILES string of the molecule is CC1CC(N2CCCN(Cc3ccc(C#N)cc3)CC2)C(=O)O1. The number of carbonyl (C=O) groups is 1. The highest BCUT2D eigenvalue weighted by atomic mass is 16.6. The molecule has 0 N–H and O–H groups in total. The summed E-state index contributed by atoms with van der Waals surface area (Å²) in [5.41, 5.74) is 1.93. The maximum atomic E-state index is 11.9. The van der Waals surface area contributed by atoms with Crippen LogP contribution in [0.2, 0.25) is 0 Å². The molecule has 0 aromatic heterocycles. The summed E-state index contributed by atoms with van der Waals surface area (Å²) in [5, 5.41) is 8.86. The van der Waals surface area contributed by atoms with Gasteiger partial charge in [-0.25, -0.2) is 0 Å². The molecule has 0 saturated carbocycles. The lowest BCUT2D eigenvalue weighted by Gasteiger charge is -2.24. The van der Waals surface area contributed by atoms with Crippen LogP contribution in [0.4, 0.5) is 0 Å². The molecular formula is C18H23N3O2. The monoisotopic (exact) mass is 313 g/mol. The van der Waals surface area contributed by atoms with E-state index in [2.05, 4.69) is 15.9 Å². The quantitative estimate of drug-likeness (QED) is 0.796. The Morgan fingerprint density at radius 3 is 2.65 bits per heavy atom. The van der Waals surface area contributed by atoms with Crippen LogP contribution in [0.25, 0.3) is 0 Å². The summed E-state index contributed by atoms with van der Waals surface area (Å²) in [6.45, 7) is 6.71. The van der Waals surface area contributed by atoms with E-state index in [1.165, 1.54) is 5.56 Å². The van der Waals surface area contributed by atoms with Gasteiger partial charge in [-0.1, -0.05) is 12.1 Å². The van der Waals surface area contributed by atoms with Crippen molar-refractivity contribution >= 4 is 5.97 Å². The van der Waals surface area contributed by atoms with Gasteiger partial charge < -0.3 is 4.74 Å². The van der Waals surface area contributed by atoms with E-state index < -0.39 is 0 Å². The Labute approximate surface area is 137 Å². The fourth-order valence-electron chi connectivity index (χ4n) is 3.44. The van der Waals surface area contributed by atoms with Crippen molar-refractivity contribution in [2.24, 2.45) is 0 Å². The molecule has 2 atom stereocenters. The summed E-state index contributed by atoms with van der Waals surface area (Å²) in [6.07, 6.45) is 1.92. The van der Waals surface area contributed by atoms with Crippen molar-refractivity contribution in [3.05, 3.63) is 35.4 Å². The zero-order valence-corrected chi connectivity index (χ0v) is 13.6. The van der Waals surface area contributed by atoms with E-state index in [1.807, 2.05) is 31.2 Å². The molecular weight excluding hydrogens is 290 g/mol. The van der Waals surface area contributed by atoms with Crippen LogP contribution in [-0.4, -0.2) is 54.1 Å². The lowest BCUT2D eigenvalue weighted by Crippen LogP contribution is -2.41. The predicted octanol–water partition coefficient (Wildman–Crippen LogP) is 1.77. The molecule has 122 valence electrons. The van der Waals surface area contributed by atoms with Gasteiger partial charge in [-0.3, -0.25) is 14.6 Å². The molecule has 3 rings (SSSR count). The van der Waals surface area contributed by atoms with E-state index in [0.29, 0.717) is 5.56 Å². The van der Waals surface area contributed by atoms with Crippen molar-refractivity contribution in [2.45, 2.75) is 38.5 Å². The molecule has 5 nitrogen and oxygen atoms in total. The number of ether oxygens (including phenoxy) is 1. The van der Waals surface area contributed by atoms with Gasteiger partial charge in [0.05, 0.1) is 11.6 Å². The van der Waals surface area contributed by atoms with Gasteiger partial charge in [0.1, 0.15) is 12.1 Å². The molecule has 0 radical (unpaired) electrons. The van der Waals surface area contributed by atoms with Crippen LogP contribution >= 0.6 is 0 Å². The summed E-state index contributed by atoms with van der Waals surface area (Å²) in [5.74, 6) is -0.0574. The van der Waals surface area contributed by atoms with Crippen LogP contribution in [-0.2, 0) is 16.1 Å². The molecule has 5 heteroatoms. The molecule has 2 fully saturated rings. The Morgan fingerprint density at radius 1 is 1.22 bits per heavy atom. The molecule has 23 heavy (non-hydrogen) atoms. The number of nitrogens with zero attached hydrogens (tertiary/aromatic N) is 3. The summed E-state index contributed by atoms with van der Waals surface area (Å²) < 4.78 is 5.29. The van der Waals surface area contributed by atoms with Crippen molar-refractivity contribution in [3.63, 3.8) is 0 Å². The number of benzene rings is 1. The van der Waals surface area contributed by atoms with Crippen LogP contribution in [0, 0.1) is 11.3 Å². The largest absolute Gasteiger partial charge is 0.461 e. The summed E-state index contributed by atoms with van der Waals surface area (Å²) in [4.78, 5) is 16.6. The highest BCUT2D eigenvalue weighted by Gasteiger charge is 2.36. The minimum Gasteiger partial charge on any atom is -0.461 e. The zero-order valence-electron chi connectivity index (χ0n) is 13.6. The van der Waals surface area contributed by atoms with Gasteiger partial charge in [-0.05, 0) is 37.6 Å². The van der Waals surface area contributed by atoms with Gasteiger partial charge in [0.15, 0.2) is 0 Å². The van der Waals surface area contributed by atoms with E-state index in [0.717, 1.165) is 45.6 Å². The number of carbonyl (C=O) groups excluding carboxylic acids is 1. The minimum atomic E-state index is -0.0574. The summed E-state index contributed by atoms with van der Waals surface area (Å²) in [7, 11) is 0. The first-order valence-electron chi connectivity index (χ1n) is 8.31. The summed E-state index contributed by atoms with van der Waals surface area (Å²) in [6, 6.07) is 9.88. The number of esters is 1. The van der Waals surface area contributed by atoms with Crippen LogP contribution in [0.5, 0.6) is 0 Å². The molecule has 0 aliphatic carbocycles. The van der Waals surface area contributed by atoms with Crippen LogP contribution in [0.1, 0.15) is 30.9 Å². The average molecular weight is 313 g/mol. The predicted molar refractivity (Wildman–Crippen MR) is 86.6 cm³/mol. The van der Waals surface area contributed by atoms with E-state index >= 15 is 0 Å². The molecule has 0 bridgehead atoms. The fraction of sp³-hybridized carbons (Fsp3) is 0.556. The zero-order chi connectivity index (χ0) is 16.2.